The van der Waals surface area contributed by atoms with Crippen LogP contribution in [0.15, 0.2) is 0 Å². The molecule has 0 amide bonds. The average Bonchev–Trinajstić information content (AvgIpc) is 2.72. The molecule has 1 atom stereocenters. The van der Waals surface area contributed by atoms with E-state index in [1.807, 2.05) is 11.9 Å². The molecule has 4 nitrogen and oxygen atoms in total. The summed E-state index contributed by atoms with van der Waals surface area (Å²) in [7, 11) is 1.88. The SMILES string of the molecule is CC(O)C(CO)(CO)N(C)C1CCCC1. The summed E-state index contributed by atoms with van der Waals surface area (Å²) in [5.41, 5.74) is -0.894. The Hall–Kier alpha value is -0.160. The normalized spacial score (nSPS) is 21.2. The topological polar surface area (TPSA) is 63.9 Å². The van der Waals surface area contributed by atoms with E-state index in [0.717, 1.165) is 12.8 Å². The maximum atomic E-state index is 9.73. The van der Waals surface area contributed by atoms with Gasteiger partial charge in [-0.15, -0.1) is 0 Å². The Kier molecular flexibility index (Phi) is 4.52. The highest BCUT2D eigenvalue weighted by atomic mass is 16.3. The predicted octanol–water partition coefficient (Wildman–Crippen LogP) is -0.0350. The van der Waals surface area contributed by atoms with Gasteiger partial charge in [0.2, 0.25) is 0 Å². The lowest BCUT2D eigenvalue weighted by Crippen LogP contribution is -2.62. The van der Waals surface area contributed by atoms with Crippen molar-refractivity contribution in [3.8, 4) is 0 Å². The fourth-order valence-electron chi connectivity index (χ4n) is 2.49. The molecule has 0 radical (unpaired) electrons. The molecule has 0 aliphatic heterocycles. The first-order valence-corrected chi connectivity index (χ1v) is 5.71. The Morgan fingerprint density at radius 2 is 1.73 bits per heavy atom. The van der Waals surface area contributed by atoms with Crippen LogP contribution in [0, 0.1) is 0 Å². The van der Waals surface area contributed by atoms with Crippen molar-refractivity contribution in [1.82, 2.24) is 4.90 Å². The number of hydrogen-bond donors (Lipinski definition) is 3. The van der Waals surface area contributed by atoms with Gasteiger partial charge >= 0.3 is 0 Å². The van der Waals surface area contributed by atoms with Crippen molar-refractivity contribution in [2.45, 2.75) is 50.3 Å². The van der Waals surface area contributed by atoms with Gasteiger partial charge in [0.05, 0.1) is 24.9 Å². The largest absolute Gasteiger partial charge is 0.394 e. The summed E-state index contributed by atoms with van der Waals surface area (Å²) in [6.07, 6.45) is 3.83. The standard InChI is InChI=1S/C11H23NO3/c1-9(15)11(7-13,8-14)12(2)10-5-3-4-6-10/h9-10,13-15H,3-8H2,1-2H3. The van der Waals surface area contributed by atoms with Crippen molar-refractivity contribution in [3.05, 3.63) is 0 Å². The van der Waals surface area contributed by atoms with E-state index in [9.17, 15) is 15.3 Å². The lowest BCUT2D eigenvalue weighted by atomic mass is 9.91. The summed E-state index contributed by atoms with van der Waals surface area (Å²) in [5.74, 6) is 0. The highest BCUT2D eigenvalue weighted by Gasteiger charge is 2.42. The molecule has 4 heteroatoms. The lowest BCUT2D eigenvalue weighted by Gasteiger charge is -2.44. The van der Waals surface area contributed by atoms with Crippen LogP contribution in [-0.4, -0.2) is 58.2 Å². The molecular formula is C11H23NO3. The molecule has 0 bridgehead atoms. The van der Waals surface area contributed by atoms with Gasteiger partial charge in [-0.1, -0.05) is 12.8 Å². The molecule has 15 heavy (non-hydrogen) atoms. The van der Waals surface area contributed by atoms with E-state index in [-0.39, 0.29) is 13.2 Å². The summed E-state index contributed by atoms with van der Waals surface area (Å²) < 4.78 is 0. The van der Waals surface area contributed by atoms with Gasteiger partial charge in [0.15, 0.2) is 0 Å². The maximum absolute atomic E-state index is 9.73. The van der Waals surface area contributed by atoms with Crippen LogP contribution in [0.2, 0.25) is 0 Å². The summed E-state index contributed by atoms with van der Waals surface area (Å²) >= 11 is 0. The number of aliphatic hydroxyl groups is 3. The number of hydrogen-bond acceptors (Lipinski definition) is 4. The molecule has 0 aromatic heterocycles. The average molecular weight is 217 g/mol. The molecule has 0 aromatic rings. The minimum absolute atomic E-state index is 0.214. The van der Waals surface area contributed by atoms with Crippen LogP contribution in [0.25, 0.3) is 0 Å². The molecule has 90 valence electrons. The van der Waals surface area contributed by atoms with Gasteiger partial charge in [-0.2, -0.15) is 0 Å². The molecule has 0 heterocycles. The lowest BCUT2D eigenvalue weighted by molar-refractivity contribution is -0.0899. The summed E-state index contributed by atoms with van der Waals surface area (Å²) in [6, 6.07) is 0.374. The van der Waals surface area contributed by atoms with Crippen LogP contribution in [0.4, 0.5) is 0 Å². The Bertz CT molecular complexity index is 186. The third-order valence-electron chi connectivity index (χ3n) is 3.90. The summed E-state index contributed by atoms with van der Waals surface area (Å²) in [6.45, 7) is 1.19. The van der Waals surface area contributed by atoms with E-state index in [1.54, 1.807) is 6.92 Å². The van der Waals surface area contributed by atoms with Gasteiger partial charge in [0.1, 0.15) is 0 Å². The minimum atomic E-state index is -0.894. The Morgan fingerprint density at radius 3 is 2.07 bits per heavy atom. The number of nitrogens with zero attached hydrogens (tertiary/aromatic N) is 1. The number of rotatable bonds is 5. The van der Waals surface area contributed by atoms with Gasteiger partial charge in [-0.25, -0.2) is 0 Å². The van der Waals surface area contributed by atoms with E-state index >= 15 is 0 Å². The van der Waals surface area contributed by atoms with E-state index in [1.165, 1.54) is 12.8 Å². The Labute approximate surface area is 91.5 Å². The summed E-state index contributed by atoms with van der Waals surface area (Å²) in [4.78, 5) is 1.96. The Balaban J connectivity index is 2.77. The quantitative estimate of drug-likeness (QED) is 0.605. The molecule has 1 saturated carbocycles. The van der Waals surface area contributed by atoms with Gasteiger partial charge in [0, 0.05) is 6.04 Å². The molecule has 0 saturated heterocycles. The molecule has 0 aromatic carbocycles. The minimum Gasteiger partial charge on any atom is -0.394 e. The second kappa shape index (κ2) is 5.25. The first kappa shape index (κ1) is 12.9. The highest BCUT2D eigenvalue weighted by Crippen LogP contribution is 2.29. The van der Waals surface area contributed by atoms with Gasteiger partial charge in [0.25, 0.3) is 0 Å². The molecular weight excluding hydrogens is 194 g/mol. The zero-order valence-corrected chi connectivity index (χ0v) is 9.69. The van der Waals surface area contributed by atoms with Crippen LogP contribution < -0.4 is 0 Å². The number of aliphatic hydroxyl groups excluding tert-OH is 3. The van der Waals surface area contributed by atoms with Gasteiger partial charge < -0.3 is 15.3 Å². The van der Waals surface area contributed by atoms with E-state index in [2.05, 4.69) is 0 Å². The first-order valence-electron chi connectivity index (χ1n) is 5.71. The third-order valence-corrected chi connectivity index (χ3v) is 3.90. The van der Waals surface area contributed by atoms with Crippen molar-refractivity contribution in [2.75, 3.05) is 20.3 Å². The van der Waals surface area contributed by atoms with Crippen molar-refractivity contribution in [2.24, 2.45) is 0 Å². The Morgan fingerprint density at radius 1 is 1.27 bits per heavy atom. The predicted molar refractivity (Wildman–Crippen MR) is 58.6 cm³/mol. The zero-order chi connectivity index (χ0) is 11.5. The van der Waals surface area contributed by atoms with Crippen molar-refractivity contribution >= 4 is 0 Å². The molecule has 1 aliphatic rings. The maximum Gasteiger partial charge on any atom is 0.0932 e. The van der Waals surface area contributed by atoms with Crippen molar-refractivity contribution in [3.63, 3.8) is 0 Å². The fraction of sp³-hybridized carbons (Fsp3) is 1.00. The van der Waals surface area contributed by atoms with E-state index < -0.39 is 11.6 Å². The molecule has 1 aliphatic carbocycles. The molecule has 1 fully saturated rings. The monoisotopic (exact) mass is 217 g/mol. The van der Waals surface area contributed by atoms with Crippen LogP contribution in [-0.2, 0) is 0 Å². The molecule has 1 unspecified atom stereocenters. The summed E-state index contributed by atoms with van der Waals surface area (Å²) in [5, 5.41) is 28.6. The molecule has 3 N–H and O–H groups in total. The van der Waals surface area contributed by atoms with Crippen molar-refractivity contribution in [1.29, 1.82) is 0 Å². The second-order valence-electron chi connectivity index (χ2n) is 4.64. The highest BCUT2D eigenvalue weighted by molar-refractivity contribution is 4.96. The molecule has 1 rings (SSSR count). The van der Waals surface area contributed by atoms with Crippen LogP contribution in [0.3, 0.4) is 0 Å². The zero-order valence-electron chi connectivity index (χ0n) is 9.69. The van der Waals surface area contributed by atoms with Crippen LogP contribution in [0.1, 0.15) is 32.6 Å². The smallest absolute Gasteiger partial charge is 0.0932 e. The third kappa shape index (κ3) is 2.33. The van der Waals surface area contributed by atoms with Gasteiger partial charge in [-0.3, -0.25) is 4.90 Å². The van der Waals surface area contributed by atoms with E-state index in [4.69, 9.17) is 0 Å². The van der Waals surface area contributed by atoms with Crippen LogP contribution in [0.5, 0.6) is 0 Å². The van der Waals surface area contributed by atoms with Crippen LogP contribution >= 0.6 is 0 Å². The van der Waals surface area contributed by atoms with E-state index in [0.29, 0.717) is 6.04 Å². The van der Waals surface area contributed by atoms with Gasteiger partial charge in [-0.05, 0) is 26.8 Å². The molecule has 0 spiro atoms. The second-order valence-corrected chi connectivity index (χ2v) is 4.64. The first-order chi connectivity index (χ1) is 7.08. The fourth-order valence-corrected chi connectivity index (χ4v) is 2.49. The van der Waals surface area contributed by atoms with Crippen molar-refractivity contribution < 1.29 is 15.3 Å². The number of likely N-dealkylation sites (N-methyl/N-ethyl adjacent to an activating group) is 1.